The van der Waals surface area contributed by atoms with Gasteiger partial charge in [0.1, 0.15) is 0 Å². The van der Waals surface area contributed by atoms with Crippen molar-refractivity contribution < 1.29 is 0 Å². The third-order valence-electron chi connectivity index (χ3n) is 5.04. The molecule has 0 radical (unpaired) electrons. The van der Waals surface area contributed by atoms with Gasteiger partial charge in [-0.1, -0.05) is 30.3 Å². The number of hydrogen-bond donors (Lipinski definition) is 0. The van der Waals surface area contributed by atoms with Gasteiger partial charge in [-0.15, -0.1) is 0 Å². The van der Waals surface area contributed by atoms with E-state index in [0.717, 1.165) is 6.42 Å². The highest BCUT2D eigenvalue weighted by atomic mass is 15.2. The van der Waals surface area contributed by atoms with Crippen LogP contribution in [0.4, 0.5) is 11.4 Å². The Kier molecular flexibility index (Phi) is 7.35. The summed E-state index contributed by atoms with van der Waals surface area (Å²) in [6.45, 7) is 18.3. The van der Waals surface area contributed by atoms with Crippen LogP contribution in [0, 0.1) is 0 Å². The van der Waals surface area contributed by atoms with Gasteiger partial charge in [-0.25, -0.2) is 0 Å². The van der Waals surface area contributed by atoms with Gasteiger partial charge in [-0.2, -0.15) is 0 Å². The minimum absolute atomic E-state index is 0.469. The van der Waals surface area contributed by atoms with Gasteiger partial charge in [0.15, 0.2) is 0 Å². The summed E-state index contributed by atoms with van der Waals surface area (Å²) in [7, 11) is 0. The highest BCUT2D eigenvalue weighted by Crippen LogP contribution is 2.31. The van der Waals surface area contributed by atoms with Crippen molar-refractivity contribution in [2.75, 3.05) is 9.80 Å². The molecule has 0 fully saturated rings. The molecule has 27 heavy (non-hydrogen) atoms. The minimum atomic E-state index is 0.469. The molecule has 0 spiro atoms. The van der Waals surface area contributed by atoms with E-state index in [2.05, 4.69) is 114 Å². The first-order valence-electron chi connectivity index (χ1n) is 10.4. The second kappa shape index (κ2) is 9.30. The second-order valence-electron chi connectivity index (χ2n) is 8.71. The number of nitrogens with zero attached hydrogens (tertiary/aromatic N) is 2. The van der Waals surface area contributed by atoms with Gasteiger partial charge in [-0.05, 0) is 91.1 Å². The molecule has 0 heterocycles. The lowest BCUT2D eigenvalue weighted by atomic mass is 10.0. The van der Waals surface area contributed by atoms with E-state index in [9.17, 15) is 0 Å². The number of anilines is 2. The van der Waals surface area contributed by atoms with Crippen LogP contribution < -0.4 is 9.80 Å². The van der Waals surface area contributed by atoms with E-state index >= 15 is 0 Å². The van der Waals surface area contributed by atoms with E-state index in [1.807, 2.05) is 0 Å². The highest BCUT2D eigenvalue weighted by molar-refractivity contribution is 5.63. The van der Waals surface area contributed by atoms with Gasteiger partial charge in [0.25, 0.3) is 0 Å². The molecule has 2 nitrogen and oxygen atoms in total. The predicted octanol–water partition coefficient (Wildman–Crippen LogP) is 6.52. The van der Waals surface area contributed by atoms with Crippen molar-refractivity contribution in [1.29, 1.82) is 0 Å². The third-order valence-corrected chi connectivity index (χ3v) is 5.04. The average molecular weight is 367 g/mol. The van der Waals surface area contributed by atoms with Crippen LogP contribution in [0.2, 0.25) is 0 Å². The molecule has 2 heteroatoms. The molecule has 0 N–H and O–H groups in total. The van der Waals surface area contributed by atoms with Crippen molar-refractivity contribution >= 4 is 11.4 Å². The molecule has 0 saturated heterocycles. The molecule has 2 aromatic rings. The van der Waals surface area contributed by atoms with Gasteiger partial charge < -0.3 is 9.80 Å². The molecule has 0 aromatic heterocycles. The summed E-state index contributed by atoms with van der Waals surface area (Å²) in [6.07, 6.45) is 0.968. The van der Waals surface area contributed by atoms with Crippen LogP contribution >= 0.6 is 0 Å². The first-order chi connectivity index (χ1) is 12.7. The summed E-state index contributed by atoms with van der Waals surface area (Å²) < 4.78 is 0. The maximum absolute atomic E-state index is 2.52. The molecule has 0 atom stereocenters. The Hall–Kier alpha value is -1.96. The van der Waals surface area contributed by atoms with Crippen LogP contribution in [0.5, 0.6) is 0 Å². The van der Waals surface area contributed by atoms with Crippen LogP contribution in [-0.2, 0) is 6.42 Å². The van der Waals surface area contributed by atoms with Crippen LogP contribution in [-0.4, -0.2) is 24.2 Å². The molecular formula is C25H38N2. The summed E-state index contributed by atoms with van der Waals surface area (Å²) in [5, 5.41) is 0. The Balaban J connectivity index is 2.55. The van der Waals surface area contributed by atoms with E-state index in [4.69, 9.17) is 0 Å². The molecule has 2 rings (SSSR count). The lowest BCUT2D eigenvalue weighted by Gasteiger charge is -2.37. The zero-order chi connectivity index (χ0) is 20.1. The van der Waals surface area contributed by atoms with Crippen molar-refractivity contribution in [3.8, 4) is 0 Å². The van der Waals surface area contributed by atoms with E-state index in [1.165, 1.54) is 22.5 Å². The maximum atomic E-state index is 2.52. The molecule has 148 valence electrons. The van der Waals surface area contributed by atoms with Crippen molar-refractivity contribution in [2.24, 2.45) is 0 Å². The summed E-state index contributed by atoms with van der Waals surface area (Å²) >= 11 is 0. The SMILES string of the molecule is CC(C)N(c1cc(Cc2ccccc2)cc(N(C(C)C)C(C)C)c1)C(C)C. The Bertz CT molecular complexity index is 647. The number of hydrogen-bond acceptors (Lipinski definition) is 2. The fraction of sp³-hybridized carbons (Fsp3) is 0.520. The van der Waals surface area contributed by atoms with Gasteiger partial charge in [0.05, 0.1) is 0 Å². The number of benzene rings is 2. The topological polar surface area (TPSA) is 6.48 Å². The Labute approximate surface area is 167 Å². The molecule has 0 unspecified atom stereocenters. The molecule has 0 aliphatic carbocycles. The second-order valence-corrected chi connectivity index (χ2v) is 8.71. The predicted molar refractivity (Wildman–Crippen MR) is 121 cm³/mol. The average Bonchev–Trinajstić information content (AvgIpc) is 2.54. The standard InChI is InChI=1S/C25H38N2/c1-18(2)26(19(3)4)24-15-23(14-22-12-10-9-11-13-22)16-25(17-24)27(20(5)6)21(7)8/h9-13,15-21H,14H2,1-8H3. The van der Waals surface area contributed by atoms with Gasteiger partial charge in [0.2, 0.25) is 0 Å². The molecular weight excluding hydrogens is 328 g/mol. The van der Waals surface area contributed by atoms with Crippen molar-refractivity contribution in [3.63, 3.8) is 0 Å². The molecule has 0 bridgehead atoms. The van der Waals surface area contributed by atoms with Crippen molar-refractivity contribution in [3.05, 3.63) is 59.7 Å². The Morgan fingerprint density at radius 2 is 0.963 bits per heavy atom. The van der Waals surface area contributed by atoms with E-state index < -0.39 is 0 Å². The summed E-state index contributed by atoms with van der Waals surface area (Å²) in [5.74, 6) is 0. The van der Waals surface area contributed by atoms with Crippen LogP contribution in [0.25, 0.3) is 0 Å². The highest BCUT2D eigenvalue weighted by Gasteiger charge is 2.20. The van der Waals surface area contributed by atoms with E-state index in [-0.39, 0.29) is 0 Å². The van der Waals surface area contributed by atoms with E-state index in [0.29, 0.717) is 24.2 Å². The van der Waals surface area contributed by atoms with Crippen molar-refractivity contribution in [1.82, 2.24) is 0 Å². The lowest BCUT2D eigenvalue weighted by molar-refractivity contribution is 0.600. The fourth-order valence-corrected chi connectivity index (χ4v) is 4.27. The zero-order valence-electron chi connectivity index (χ0n) is 18.5. The van der Waals surface area contributed by atoms with Gasteiger partial charge >= 0.3 is 0 Å². The fourth-order valence-electron chi connectivity index (χ4n) is 4.27. The maximum Gasteiger partial charge on any atom is 0.0394 e. The van der Waals surface area contributed by atoms with Crippen LogP contribution in [0.1, 0.15) is 66.5 Å². The first-order valence-corrected chi connectivity index (χ1v) is 10.4. The molecule has 0 aliphatic rings. The Morgan fingerprint density at radius 3 is 1.33 bits per heavy atom. The minimum Gasteiger partial charge on any atom is -0.367 e. The third kappa shape index (κ3) is 5.51. The first kappa shape index (κ1) is 21.3. The zero-order valence-corrected chi connectivity index (χ0v) is 18.5. The lowest BCUT2D eigenvalue weighted by Crippen LogP contribution is -2.39. The van der Waals surface area contributed by atoms with Gasteiger partial charge in [0, 0.05) is 35.5 Å². The largest absolute Gasteiger partial charge is 0.367 e. The van der Waals surface area contributed by atoms with Crippen molar-refractivity contribution in [2.45, 2.75) is 86.0 Å². The normalized spacial score (nSPS) is 11.7. The van der Waals surface area contributed by atoms with Crippen LogP contribution in [0.15, 0.2) is 48.5 Å². The van der Waals surface area contributed by atoms with Gasteiger partial charge in [-0.3, -0.25) is 0 Å². The number of rotatable bonds is 8. The summed E-state index contributed by atoms with van der Waals surface area (Å²) in [4.78, 5) is 5.05. The molecule has 2 aromatic carbocycles. The molecule has 0 saturated carbocycles. The van der Waals surface area contributed by atoms with E-state index in [1.54, 1.807) is 0 Å². The van der Waals surface area contributed by atoms with Crippen LogP contribution in [0.3, 0.4) is 0 Å². The summed E-state index contributed by atoms with van der Waals surface area (Å²) in [5.41, 5.74) is 5.40. The Morgan fingerprint density at radius 1 is 0.556 bits per heavy atom. The summed E-state index contributed by atoms with van der Waals surface area (Å²) in [6, 6.07) is 19.8. The monoisotopic (exact) mass is 366 g/mol. The quantitative estimate of drug-likeness (QED) is 0.524. The smallest absolute Gasteiger partial charge is 0.0394 e. The molecule has 0 amide bonds. The molecule has 0 aliphatic heterocycles.